The van der Waals surface area contributed by atoms with E-state index in [9.17, 15) is 9.59 Å². The molecule has 17 heavy (non-hydrogen) atoms. The first kappa shape index (κ1) is 12.1. The van der Waals surface area contributed by atoms with Gasteiger partial charge in [0.15, 0.2) is 0 Å². The molecular weight excluding hydrogens is 218 g/mol. The molecule has 3 atom stereocenters. The monoisotopic (exact) mass is 237 g/mol. The first-order chi connectivity index (χ1) is 8.16. The van der Waals surface area contributed by atoms with E-state index in [1.54, 1.807) is 0 Å². The molecule has 94 valence electrons. The third kappa shape index (κ3) is 3.08. The Kier molecular flexibility index (Phi) is 3.82. The van der Waals surface area contributed by atoms with Gasteiger partial charge in [0.25, 0.3) is 0 Å². The van der Waals surface area contributed by atoms with Crippen LogP contribution in [0, 0.1) is 11.8 Å². The van der Waals surface area contributed by atoms with Gasteiger partial charge in [-0.15, -0.1) is 0 Å². The maximum Gasteiger partial charge on any atom is 0.306 e. The van der Waals surface area contributed by atoms with Gasteiger partial charge in [0, 0.05) is 12.0 Å². The summed E-state index contributed by atoms with van der Waals surface area (Å²) < 4.78 is 0. The molecule has 0 aromatic rings. The molecule has 1 amide bonds. The molecule has 1 fully saturated rings. The number of carbonyl (C=O) groups is 2. The number of carboxylic acids is 1. The molecule has 2 aliphatic carbocycles. The highest BCUT2D eigenvalue weighted by Crippen LogP contribution is 2.26. The lowest BCUT2D eigenvalue weighted by atomic mass is 9.93. The van der Waals surface area contributed by atoms with Crippen LogP contribution >= 0.6 is 0 Å². The Bertz CT molecular complexity index is 338. The second kappa shape index (κ2) is 5.34. The van der Waals surface area contributed by atoms with Gasteiger partial charge in [-0.1, -0.05) is 12.2 Å². The number of hydrogen-bond acceptors (Lipinski definition) is 2. The van der Waals surface area contributed by atoms with Gasteiger partial charge >= 0.3 is 5.97 Å². The molecule has 0 aromatic heterocycles. The SMILES string of the molecule is O=C(N[C@H]1CC[C@@H](C(=O)O)C1)C1CC=CCC1. The minimum atomic E-state index is -0.734. The molecule has 2 aliphatic rings. The largest absolute Gasteiger partial charge is 0.481 e. The van der Waals surface area contributed by atoms with Gasteiger partial charge in [0.05, 0.1) is 5.92 Å². The summed E-state index contributed by atoms with van der Waals surface area (Å²) in [5.41, 5.74) is 0. The highest BCUT2D eigenvalue weighted by molar-refractivity contribution is 5.79. The predicted octanol–water partition coefficient (Wildman–Crippen LogP) is 1.71. The first-order valence-electron chi connectivity index (χ1n) is 6.35. The second-order valence-electron chi connectivity index (χ2n) is 5.04. The van der Waals surface area contributed by atoms with E-state index in [-0.39, 0.29) is 23.8 Å². The van der Waals surface area contributed by atoms with E-state index in [4.69, 9.17) is 5.11 Å². The van der Waals surface area contributed by atoms with Gasteiger partial charge in [-0.3, -0.25) is 9.59 Å². The van der Waals surface area contributed by atoms with Crippen LogP contribution in [0.25, 0.3) is 0 Å². The lowest BCUT2D eigenvalue weighted by Crippen LogP contribution is -2.38. The number of rotatable bonds is 3. The molecule has 2 rings (SSSR count). The summed E-state index contributed by atoms with van der Waals surface area (Å²) in [7, 11) is 0. The van der Waals surface area contributed by atoms with E-state index in [0.29, 0.717) is 12.8 Å². The number of amides is 1. The normalized spacial score (nSPS) is 32.4. The standard InChI is InChI=1S/C13H19NO3/c15-12(9-4-2-1-3-5-9)14-11-7-6-10(8-11)13(16)17/h1-2,9-11H,3-8H2,(H,14,15)(H,16,17)/t9?,10-,11+/m1/s1. The molecular formula is C13H19NO3. The Morgan fingerprint density at radius 1 is 1.12 bits per heavy atom. The third-order valence-corrected chi connectivity index (χ3v) is 3.77. The fraction of sp³-hybridized carbons (Fsp3) is 0.692. The van der Waals surface area contributed by atoms with Crippen molar-refractivity contribution in [1.29, 1.82) is 0 Å². The van der Waals surface area contributed by atoms with Crippen LogP contribution in [0.1, 0.15) is 38.5 Å². The Labute approximate surface area is 101 Å². The zero-order valence-corrected chi connectivity index (χ0v) is 9.89. The van der Waals surface area contributed by atoms with Crippen molar-refractivity contribution in [3.05, 3.63) is 12.2 Å². The maximum atomic E-state index is 11.9. The van der Waals surface area contributed by atoms with Gasteiger partial charge in [-0.25, -0.2) is 0 Å². The Morgan fingerprint density at radius 2 is 1.94 bits per heavy atom. The zero-order chi connectivity index (χ0) is 12.3. The van der Waals surface area contributed by atoms with Crippen LogP contribution in [-0.4, -0.2) is 23.0 Å². The number of hydrogen-bond donors (Lipinski definition) is 2. The number of carboxylic acid groups (broad SMARTS) is 1. The smallest absolute Gasteiger partial charge is 0.306 e. The first-order valence-corrected chi connectivity index (χ1v) is 6.35. The van der Waals surface area contributed by atoms with Gasteiger partial charge in [-0.05, 0) is 38.5 Å². The summed E-state index contributed by atoms with van der Waals surface area (Å²) >= 11 is 0. The summed E-state index contributed by atoms with van der Waals surface area (Å²) in [5, 5.41) is 11.9. The number of nitrogens with one attached hydrogen (secondary N) is 1. The molecule has 0 heterocycles. The van der Waals surface area contributed by atoms with Crippen LogP contribution in [0.5, 0.6) is 0 Å². The summed E-state index contributed by atoms with van der Waals surface area (Å²) in [5.74, 6) is -0.817. The van der Waals surface area contributed by atoms with Crippen molar-refractivity contribution < 1.29 is 14.7 Å². The molecule has 1 saturated carbocycles. The molecule has 4 nitrogen and oxygen atoms in total. The predicted molar refractivity (Wildman–Crippen MR) is 63.4 cm³/mol. The van der Waals surface area contributed by atoms with Gasteiger partial charge in [-0.2, -0.15) is 0 Å². The minimum absolute atomic E-state index is 0.0644. The van der Waals surface area contributed by atoms with E-state index in [1.165, 1.54) is 0 Å². The molecule has 0 bridgehead atoms. The third-order valence-electron chi connectivity index (χ3n) is 3.77. The van der Waals surface area contributed by atoms with E-state index in [1.807, 2.05) is 0 Å². The fourth-order valence-electron chi connectivity index (χ4n) is 2.69. The molecule has 4 heteroatoms. The average Bonchev–Trinajstić information content (AvgIpc) is 2.79. The topological polar surface area (TPSA) is 66.4 Å². The van der Waals surface area contributed by atoms with Crippen molar-refractivity contribution in [3.63, 3.8) is 0 Å². The Balaban J connectivity index is 1.79. The maximum absolute atomic E-state index is 11.9. The molecule has 2 N–H and O–H groups in total. The van der Waals surface area contributed by atoms with Crippen LogP contribution < -0.4 is 5.32 Å². The molecule has 0 aromatic carbocycles. The summed E-state index contributed by atoms with van der Waals surface area (Å²) in [6.07, 6.45) is 8.95. The van der Waals surface area contributed by atoms with E-state index < -0.39 is 5.97 Å². The fourth-order valence-corrected chi connectivity index (χ4v) is 2.69. The van der Waals surface area contributed by atoms with Gasteiger partial charge < -0.3 is 10.4 Å². The van der Waals surface area contributed by atoms with Crippen molar-refractivity contribution in [2.24, 2.45) is 11.8 Å². The highest BCUT2D eigenvalue weighted by atomic mass is 16.4. The second-order valence-corrected chi connectivity index (χ2v) is 5.04. The zero-order valence-electron chi connectivity index (χ0n) is 9.89. The van der Waals surface area contributed by atoms with Crippen LogP contribution in [0.4, 0.5) is 0 Å². The number of aliphatic carboxylic acids is 1. The molecule has 0 radical (unpaired) electrons. The van der Waals surface area contributed by atoms with E-state index >= 15 is 0 Å². The van der Waals surface area contributed by atoms with Crippen molar-refractivity contribution in [3.8, 4) is 0 Å². The average molecular weight is 237 g/mol. The lowest BCUT2D eigenvalue weighted by Gasteiger charge is -2.20. The van der Waals surface area contributed by atoms with Crippen molar-refractivity contribution in [2.45, 2.75) is 44.6 Å². The van der Waals surface area contributed by atoms with E-state index in [2.05, 4.69) is 17.5 Å². The number of carbonyl (C=O) groups excluding carboxylic acids is 1. The van der Waals surface area contributed by atoms with Crippen LogP contribution in [0.2, 0.25) is 0 Å². The molecule has 1 unspecified atom stereocenters. The van der Waals surface area contributed by atoms with Crippen molar-refractivity contribution in [2.75, 3.05) is 0 Å². The van der Waals surface area contributed by atoms with Crippen LogP contribution in [-0.2, 0) is 9.59 Å². The minimum Gasteiger partial charge on any atom is -0.481 e. The summed E-state index contributed by atoms with van der Waals surface area (Å²) in [6, 6.07) is 0.0644. The number of allylic oxidation sites excluding steroid dienone is 2. The molecule has 0 aliphatic heterocycles. The highest BCUT2D eigenvalue weighted by Gasteiger charge is 2.31. The van der Waals surface area contributed by atoms with Crippen molar-refractivity contribution >= 4 is 11.9 Å². The lowest BCUT2D eigenvalue weighted by molar-refractivity contribution is -0.141. The van der Waals surface area contributed by atoms with Gasteiger partial charge in [0.1, 0.15) is 0 Å². The molecule has 0 saturated heterocycles. The molecule has 0 spiro atoms. The van der Waals surface area contributed by atoms with E-state index in [0.717, 1.165) is 25.7 Å². The van der Waals surface area contributed by atoms with Crippen LogP contribution in [0.3, 0.4) is 0 Å². The van der Waals surface area contributed by atoms with Crippen molar-refractivity contribution in [1.82, 2.24) is 5.32 Å². The van der Waals surface area contributed by atoms with Gasteiger partial charge in [0.2, 0.25) is 5.91 Å². The summed E-state index contributed by atoms with van der Waals surface area (Å²) in [4.78, 5) is 22.8. The Hall–Kier alpha value is -1.32. The Morgan fingerprint density at radius 3 is 2.53 bits per heavy atom. The van der Waals surface area contributed by atoms with Crippen LogP contribution in [0.15, 0.2) is 12.2 Å². The summed E-state index contributed by atoms with van der Waals surface area (Å²) in [6.45, 7) is 0. The quantitative estimate of drug-likeness (QED) is 0.734.